The van der Waals surface area contributed by atoms with Gasteiger partial charge in [0.15, 0.2) is 0 Å². The Labute approximate surface area is 152 Å². The summed E-state index contributed by atoms with van der Waals surface area (Å²) in [4.78, 5) is 24.0. The van der Waals surface area contributed by atoms with Crippen LogP contribution in [0.4, 0.5) is 0 Å². The van der Waals surface area contributed by atoms with Crippen molar-refractivity contribution in [2.45, 2.75) is 37.5 Å². The summed E-state index contributed by atoms with van der Waals surface area (Å²) in [7, 11) is 0. The van der Waals surface area contributed by atoms with E-state index in [1.54, 1.807) is 11.4 Å². The standard InChI is InChI=1S/C20H24N2O2S/c23-18(8-12-21-19(24)16-9-13-25-14-16)22-15-20(10-4-5-11-20)17-6-2-1-3-7-17/h1-3,6-7,9,13-14H,4-5,8,10-12,15H2,(H,21,24)(H,22,23). The van der Waals surface area contributed by atoms with Crippen LogP contribution in [0.25, 0.3) is 0 Å². The van der Waals surface area contributed by atoms with Gasteiger partial charge in [0.2, 0.25) is 5.91 Å². The molecule has 1 heterocycles. The Bertz CT molecular complexity index is 692. The molecule has 2 N–H and O–H groups in total. The average Bonchev–Trinajstić information content (AvgIpc) is 3.33. The van der Waals surface area contributed by atoms with Crippen molar-refractivity contribution in [2.24, 2.45) is 0 Å². The van der Waals surface area contributed by atoms with Gasteiger partial charge in [-0.3, -0.25) is 9.59 Å². The monoisotopic (exact) mass is 356 g/mol. The van der Waals surface area contributed by atoms with E-state index in [2.05, 4.69) is 34.9 Å². The number of amides is 2. The summed E-state index contributed by atoms with van der Waals surface area (Å²) in [5, 5.41) is 9.55. The van der Waals surface area contributed by atoms with Crippen LogP contribution >= 0.6 is 11.3 Å². The minimum absolute atomic E-state index is 0.00664. The zero-order chi connectivity index (χ0) is 17.5. The molecule has 1 aliphatic carbocycles. The molecule has 0 radical (unpaired) electrons. The van der Waals surface area contributed by atoms with Crippen LogP contribution in [-0.2, 0) is 10.2 Å². The van der Waals surface area contributed by atoms with Gasteiger partial charge in [-0.2, -0.15) is 11.3 Å². The molecule has 0 unspecified atom stereocenters. The Morgan fingerprint density at radius 1 is 1.04 bits per heavy atom. The molecule has 0 saturated heterocycles. The third kappa shape index (κ3) is 4.48. The summed E-state index contributed by atoms with van der Waals surface area (Å²) >= 11 is 1.49. The molecule has 0 bridgehead atoms. The molecule has 1 aliphatic rings. The second-order valence-corrected chi connectivity index (χ2v) is 7.43. The van der Waals surface area contributed by atoms with Crippen molar-refractivity contribution in [2.75, 3.05) is 13.1 Å². The maximum absolute atomic E-state index is 12.2. The van der Waals surface area contributed by atoms with Gasteiger partial charge >= 0.3 is 0 Å². The van der Waals surface area contributed by atoms with Crippen molar-refractivity contribution < 1.29 is 9.59 Å². The van der Waals surface area contributed by atoms with Crippen molar-refractivity contribution >= 4 is 23.2 Å². The molecule has 1 saturated carbocycles. The van der Waals surface area contributed by atoms with Crippen molar-refractivity contribution in [1.29, 1.82) is 0 Å². The fourth-order valence-electron chi connectivity index (χ4n) is 3.55. The first-order valence-corrected chi connectivity index (χ1v) is 9.77. The third-order valence-electron chi connectivity index (χ3n) is 4.99. The fraction of sp³-hybridized carbons (Fsp3) is 0.400. The summed E-state index contributed by atoms with van der Waals surface area (Å²) in [5.41, 5.74) is 2.04. The quantitative estimate of drug-likeness (QED) is 0.798. The molecule has 2 amide bonds. The van der Waals surface area contributed by atoms with Crippen LogP contribution in [0.5, 0.6) is 0 Å². The molecule has 1 aromatic carbocycles. The second-order valence-electron chi connectivity index (χ2n) is 6.65. The van der Waals surface area contributed by atoms with E-state index in [9.17, 15) is 9.59 Å². The molecule has 132 valence electrons. The predicted octanol–water partition coefficient (Wildman–Crippen LogP) is 3.50. The van der Waals surface area contributed by atoms with Crippen molar-refractivity contribution in [3.05, 3.63) is 58.3 Å². The minimum Gasteiger partial charge on any atom is -0.355 e. The average molecular weight is 356 g/mol. The van der Waals surface area contributed by atoms with Gasteiger partial charge in [-0.05, 0) is 29.9 Å². The van der Waals surface area contributed by atoms with E-state index in [1.807, 2.05) is 11.4 Å². The molecule has 1 aromatic heterocycles. The van der Waals surface area contributed by atoms with E-state index in [0.29, 0.717) is 25.1 Å². The van der Waals surface area contributed by atoms with E-state index in [-0.39, 0.29) is 17.2 Å². The summed E-state index contributed by atoms with van der Waals surface area (Å²) in [6.45, 7) is 1.03. The first kappa shape index (κ1) is 17.7. The number of benzene rings is 1. The molecule has 1 fully saturated rings. The number of carbonyl (C=O) groups excluding carboxylic acids is 2. The maximum Gasteiger partial charge on any atom is 0.252 e. The van der Waals surface area contributed by atoms with Gasteiger partial charge in [-0.25, -0.2) is 0 Å². The largest absolute Gasteiger partial charge is 0.355 e. The summed E-state index contributed by atoms with van der Waals surface area (Å²) in [6.07, 6.45) is 4.96. The highest BCUT2D eigenvalue weighted by molar-refractivity contribution is 7.08. The first-order chi connectivity index (χ1) is 12.2. The van der Waals surface area contributed by atoms with Gasteiger partial charge < -0.3 is 10.6 Å². The van der Waals surface area contributed by atoms with Crippen LogP contribution in [0, 0.1) is 0 Å². The van der Waals surface area contributed by atoms with Crippen LogP contribution in [0.15, 0.2) is 47.2 Å². The van der Waals surface area contributed by atoms with Crippen LogP contribution in [0.2, 0.25) is 0 Å². The van der Waals surface area contributed by atoms with E-state index >= 15 is 0 Å². The number of thiophene rings is 1. The van der Waals surface area contributed by atoms with Crippen LogP contribution in [0.1, 0.15) is 48.0 Å². The van der Waals surface area contributed by atoms with Crippen LogP contribution in [0.3, 0.4) is 0 Å². The molecular formula is C20H24N2O2S. The Morgan fingerprint density at radius 3 is 2.48 bits per heavy atom. The normalized spacial score (nSPS) is 15.7. The fourth-order valence-corrected chi connectivity index (χ4v) is 4.19. The minimum atomic E-state index is -0.120. The zero-order valence-electron chi connectivity index (χ0n) is 14.3. The lowest BCUT2D eigenvalue weighted by Crippen LogP contribution is -2.40. The van der Waals surface area contributed by atoms with Crippen molar-refractivity contribution in [3.63, 3.8) is 0 Å². The van der Waals surface area contributed by atoms with Crippen LogP contribution < -0.4 is 10.6 Å². The Balaban J connectivity index is 1.47. The molecule has 4 nitrogen and oxygen atoms in total. The topological polar surface area (TPSA) is 58.2 Å². The number of hydrogen-bond acceptors (Lipinski definition) is 3. The predicted molar refractivity (Wildman–Crippen MR) is 101 cm³/mol. The van der Waals surface area contributed by atoms with Gasteiger partial charge in [0.25, 0.3) is 5.91 Å². The van der Waals surface area contributed by atoms with Gasteiger partial charge in [0.1, 0.15) is 0 Å². The van der Waals surface area contributed by atoms with Gasteiger partial charge in [0.05, 0.1) is 0 Å². The van der Waals surface area contributed by atoms with Crippen LogP contribution in [-0.4, -0.2) is 24.9 Å². The Kier molecular flexibility index (Phi) is 5.87. The van der Waals surface area contributed by atoms with Crippen molar-refractivity contribution in [1.82, 2.24) is 10.6 Å². The number of hydrogen-bond donors (Lipinski definition) is 2. The molecule has 0 aliphatic heterocycles. The zero-order valence-corrected chi connectivity index (χ0v) is 15.1. The van der Waals surface area contributed by atoms with E-state index in [1.165, 1.54) is 29.7 Å². The van der Waals surface area contributed by atoms with Gasteiger partial charge in [0, 0.05) is 35.9 Å². The molecule has 0 atom stereocenters. The highest BCUT2D eigenvalue weighted by atomic mass is 32.1. The highest BCUT2D eigenvalue weighted by Gasteiger charge is 2.35. The first-order valence-electron chi connectivity index (χ1n) is 8.82. The molecule has 2 aromatic rings. The lowest BCUT2D eigenvalue weighted by atomic mass is 9.79. The molecule has 3 rings (SSSR count). The Hall–Kier alpha value is -2.14. The summed E-state index contributed by atoms with van der Waals surface area (Å²) in [5.74, 6) is -0.126. The molecular weight excluding hydrogens is 332 g/mol. The number of carbonyl (C=O) groups is 2. The highest BCUT2D eigenvalue weighted by Crippen LogP contribution is 2.40. The lowest BCUT2D eigenvalue weighted by molar-refractivity contribution is -0.121. The maximum atomic E-state index is 12.2. The molecule has 25 heavy (non-hydrogen) atoms. The van der Waals surface area contributed by atoms with E-state index in [4.69, 9.17) is 0 Å². The van der Waals surface area contributed by atoms with Gasteiger partial charge in [-0.15, -0.1) is 0 Å². The van der Waals surface area contributed by atoms with Crippen molar-refractivity contribution in [3.8, 4) is 0 Å². The second kappa shape index (κ2) is 8.30. The smallest absolute Gasteiger partial charge is 0.252 e. The number of rotatable bonds is 7. The van der Waals surface area contributed by atoms with E-state index in [0.717, 1.165) is 12.8 Å². The van der Waals surface area contributed by atoms with E-state index < -0.39 is 0 Å². The molecule has 5 heteroatoms. The lowest BCUT2D eigenvalue weighted by Gasteiger charge is -2.30. The molecule has 0 spiro atoms. The number of nitrogens with one attached hydrogen (secondary N) is 2. The Morgan fingerprint density at radius 2 is 1.80 bits per heavy atom. The van der Waals surface area contributed by atoms with Gasteiger partial charge in [-0.1, -0.05) is 43.2 Å². The SMILES string of the molecule is O=C(CCNC(=O)c1ccsc1)NCC1(c2ccccc2)CCCC1. The third-order valence-corrected chi connectivity index (χ3v) is 5.67. The summed E-state index contributed by atoms with van der Waals surface area (Å²) in [6, 6.07) is 12.3. The summed E-state index contributed by atoms with van der Waals surface area (Å²) < 4.78 is 0.